The van der Waals surface area contributed by atoms with Crippen LogP contribution >= 0.6 is 0 Å². The van der Waals surface area contributed by atoms with E-state index in [4.69, 9.17) is 9.47 Å². The van der Waals surface area contributed by atoms with Crippen LogP contribution in [0.4, 0.5) is 0 Å². The van der Waals surface area contributed by atoms with Crippen LogP contribution in [0.2, 0.25) is 0 Å². The standard InChI is InChI=1S/C14H27NO2/c1-11-4-5-13(10-12(11)2)15-7-6-14(3)16-8-9-17-14/h11-13,15H,4-10H2,1-3H3/t11-,12-,13+/m1/s1. The van der Waals surface area contributed by atoms with Crippen molar-refractivity contribution in [3.8, 4) is 0 Å². The second-order valence-electron chi connectivity index (χ2n) is 6.00. The van der Waals surface area contributed by atoms with E-state index < -0.39 is 0 Å². The van der Waals surface area contributed by atoms with E-state index in [1.807, 2.05) is 6.92 Å². The van der Waals surface area contributed by atoms with E-state index in [0.29, 0.717) is 6.04 Å². The molecule has 100 valence electrons. The van der Waals surface area contributed by atoms with E-state index in [2.05, 4.69) is 19.2 Å². The predicted octanol–water partition coefficient (Wildman–Crippen LogP) is 2.55. The molecule has 3 heteroatoms. The van der Waals surface area contributed by atoms with Gasteiger partial charge in [0.05, 0.1) is 13.2 Å². The summed E-state index contributed by atoms with van der Waals surface area (Å²) in [5.41, 5.74) is 0. The Kier molecular flexibility index (Phi) is 4.45. The Morgan fingerprint density at radius 1 is 1.12 bits per heavy atom. The van der Waals surface area contributed by atoms with Gasteiger partial charge in [0.25, 0.3) is 0 Å². The molecule has 1 N–H and O–H groups in total. The van der Waals surface area contributed by atoms with Crippen molar-refractivity contribution in [3.05, 3.63) is 0 Å². The highest BCUT2D eigenvalue weighted by Gasteiger charge is 2.31. The van der Waals surface area contributed by atoms with Crippen LogP contribution in [0.25, 0.3) is 0 Å². The third-order valence-corrected chi connectivity index (χ3v) is 4.51. The lowest BCUT2D eigenvalue weighted by Crippen LogP contribution is -2.39. The van der Waals surface area contributed by atoms with Gasteiger partial charge in [-0.2, -0.15) is 0 Å². The number of hydrogen-bond donors (Lipinski definition) is 1. The molecule has 0 aromatic carbocycles. The van der Waals surface area contributed by atoms with E-state index in [-0.39, 0.29) is 5.79 Å². The number of hydrogen-bond acceptors (Lipinski definition) is 3. The second-order valence-corrected chi connectivity index (χ2v) is 6.00. The SMILES string of the molecule is C[C@@H]1CC[C@H](NCCC2(C)OCCO2)C[C@H]1C. The maximum Gasteiger partial charge on any atom is 0.166 e. The highest BCUT2D eigenvalue weighted by molar-refractivity contribution is 4.80. The summed E-state index contributed by atoms with van der Waals surface area (Å²) in [5.74, 6) is 1.42. The van der Waals surface area contributed by atoms with Crippen LogP contribution < -0.4 is 5.32 Å². The Morgan fingerprint density at radius 2 is 1.82 bits per heavy atom. The summed E-state index contributed by atoms with van der Waals surface area (Å²) in [6.45, 7) is 9.30. The van der Waals surface area contributed by atoms with Crippen LogP contribution in [-0.2, 0) is 9.47 Å². The molecule has 2 aliphatic rings. The van der Waals surface area contributed by atoms with Gasteiger partial charge in [0.1, 0.15) is 0 Å². The summed E-state index contributed by atoms with van der Waals surface area (Å²) in [4.78, 5) is 0. The fraction of sp³-hybridized carbons (Fsp3) is 1.00. The van der Waals surface area contributed by atoms with Crippen molar-refractivity contribution >= 4 is 0 Å². The molecular weight excluding hydrogens is 214 g/mol. The van der Waals surface area contributed by atoms with Crippen molar-refractivity contribution in [3.63, 3.8) is 0 Å². The zero-order valence-electron chi connectivity index (χ0n) is 11.5. The minimum atomic E-state index is -0.333. The van der Waals surface area contributed by atoms with E-state index >= 15 is 0 Å². The van der Waals surface area contributed by atoms with Crippen LogP contribution in [-0.4, -0.2) is 31.6 Å². The van der Waals surface area contributed by atoms with Crippen molar-refractivity contribution in [1.29, 1.82) is 0 Å². The van der Waals surface area contributed by atoms with Crippen molar-refractivity contribution in [2.75, 3.05) is 19.8 Å². The summed E-state index contributed by atoms with van der Waals surface area (Å²) in [6.07, 6.45) is 4.96. The summed E-state index contributed by atoms with van der Waals surface area (Å²) in [7, 11) is 0. The first-order valence-electron chi connectivity index (χ1n) is 7.10. The van der Waals surface area contributed by atoms with Gasteiger partial charge in [-0.3, -0.25) is 0 Å². The lowest BCUT2D eigenvalue weighted by molar-refractivity contribution is -0.145. The minimum absolute atomic E-state index is 0.333. The fourth-order valence-electron chi connectivity index (χ4n) is 2.94. The molecule has 0 spiro atoms. The average molecular weight is 241 g/mol. The molecule has 1 saturated carbocycles. The van der Waals surface area contributed by atoms with Gasteiger partial charge in [0.2, 0.25) is 0 Å². The van der Waals surface area contributed by atoms with E-state index in [0.717, 1.165) is 38.0 Å². The molecular formula is C14H27NO2. The van der Waals surface area contributed by atoms with Gasteiger partial charge < -0.3 is 14.8 Å². The van der Waals surface area contributed by atoms with Crippen LogP contribution in [0.3, 0.4) is 0 Å². The second kappa shape index (κ2) is 5.68. The molecule has 1 heterocycles. The topological polar surface area (TPSA) is 30.5 Å². The van der Waals surface area contributed by atoms with Crippen molar-refractivity contribution in [2.24, 2.45) is 11.8 Å². The lowest BCUT2D eigenvalue weighted by Gasteiger charge is -2.33. The predicted molar refractivity (Wildman–Crippen MR) is 68.9 cm³/mol. The molecule has 0 aromatic heterocycles. The molecule has 17 heavy (non-hydrogen) atoms. The number of ether oxygens (including phenoxy) is 2. The third-order valence-electron chi connectivity index (χ3n) is 4.51. The number of nitrogens with one attached hydrogen (secondary N) is 1. The molecule has 0 amide bonds. The van der Waals surface area contributed by atoms with Gasteiger partial charge in [-0.05, 0) is 38.0 Å². The maximum atomic E-state index is 5.61. The average Bonchev–Trinajstić information content (AvgIpc) is 2.71. The molecule has 0 unspecified atom stereocenters. The Bertz CT molecular complexity index is 238. The highest BCUT2D eigenvalue weighted by atomic mass is 16.7. The number of rotatable bonds is 4. The van der Waals surface area contributed by atoms with Gasteiger partial charge in [-0.1, -0.05) is 13.8 Å². The molecule has 3 atom stereocenters. The Labute approximate surface area is 105 Å². The van der Waals surface area contributed by atoms with Crippen molar-refractivity contribution in [1.82, 2.24) is 5.32 Å². The first kappa shape index (κ1) is 13.3. The zero-order valence-corrected chi connectivity index (χ0v) is 11.5. The lowest BCUT2D eigenvalue weighted by atomic mass is 9.79. The Hall–Kier alpha value is -0.120. The van der Waals surface area contributed by atoms with Crippen LogP contribution in [0, 0.1) is 11.8 Å². The highest BCUT2D eigenvalue weighted by Crippen LogP contribution is 2.29. The molecule has 1 aliphatic heterocycles. The molecule has 3 nitrogen and oxygen atoms in total. The van der Waals surface area contributed by atoms with Gasteiger partial charge in [0, 0.05) is 19.0 Å². The summed E-state index contributed by atoms with van der Waals surface area (Å²) in [5, 5.41) is 3.66. The Balaban J connectivity index is 1.65. The van der Waals surface area contributed by atoms with Gasteiger partial charge in [0.15, 0.2) is 5.79 Å². The largest absolute Gasteiger partial charge is 0.348 e. The van der Waals surface area contributed by atoms with Crippen molar-refractivity contribution in [2.45, 2.75) is 58.3 Å². The monoisotopic (exact) mass is 241 g/mol. The zero-order chi connectivity index (χ0) is 12.3. The van der Waals surface area contributed by atoms with Gasteiger partial charge in [-0.25, -0.2) is 0 Å². The minimum Gasteiger partial charge on any atom is -0.348 e. The Morgan fingerprint density at radius 3 is 2.47 bits per heavy atom. The first-order valence-corrected chi connectivity index (χ1v) is 7.10. The fourth-order valence-corrected chi connectivity index (χ4v) is 2.94. The molecule has 1 saturated heterocycles. The van der Waals surface area contributed by atoms with Gasteiger partial charge in [-0.15, -0.1) is 0 Å². The normalized spacial score (nSPS) is 37.2. The van der Waals surface area contributed by atoms with E-state index in [9.17, 15) is 0 Å². The van der Waals surface area contributed by atoms with E-state index in [1.165, 1.54) is 19.3 Å². The van der Waals surface area contributed by atoms with Crippen molar-refractivity contribution < 1.29 is 9.47 Å². The van der Waals surface area contributed by atoms with Crippen LogP contribution in [0.1, 0.15) is 46.5 Å². The molecule has 0 radical (unpaired) electrons. The molecule has 0 aromatic rings. The molecule has 0 bridgehead atoms. The molecule has 1 aliphatic carbocycles. The van der Waals surface area contributed by atoms with E-state index in [1.54, 1.807) is 0 Å². The van der Waals surface area contributed by atoms with Crippen LogP contribution in [0.15, 0.2) is 0 Å². The summed E-state index contributed by atoms with van der Waals surface area (Å²) < 4.78 is 11.2. The van der Waals surface area contributed by atoms with Gasteiger partial charge >= 0.3 is 0 Å². The smallest absolute Gasteiger partial charge is 0.166 e. The first-order chi connectivity index (χ1) is 8.09. The van der Waals surface area contributed by atoms with Crippen LogP contribution in [0.5, 0.6) is 0 Å². The quantitative estimate of drug-likeness (QED) is 0.820. The molecule has 2 rings (SSSR count). The molecule has 2 fully saturated rings. The maximum absolute atomic E-state index is 5.61. The summed E-state index contributed by atoms with van der Waals surface area (Å²) >= 11 is 0. The third kappa shape index (κ3) is 3.67. The summed E-state index contributed by atoms with van der Waals surface area (Å²) in [6, 6.07) is 0.700.